The van der Waals surface area contributed by atoms with Crippen molar-refractivity contribution in [1.29, 1.82) is 0 Å². The van der Waals surface area contributed by atoms with Crippen molar-refractivity contribution in [2.24, 2.45) is 4.99 Å². The summed E-state index contributed by atoms with van der Waals surface area (Å²) in [5.74, 6) is 0.734. The Bertz CT molecular complexity index is 707. The average Bonchev–Trinajstić information content (AvgIpc) is 3.16. The van der Waals surface area contributed by atoms with Crippen molar-refractivity contribution in [2.45, 2.75) is 19.9 Å². The Labute approximate surface area is 175 Å². The van der Waals surface area contributed by atoms with E-state index in [1.165, 1.54) is 6.07 Å². The van der Waals surface area contributed by atoms with Gasteiger partial charge in [-0.15, -0.1) is 24.0 Å². The highest BCUT2D eigenvalue weighted by Crippen LogP contribution is 2.22. The summed E-state index contributed by atoms with van der Waals surface area (Å²) < 4.78 is 1.88. The number of aryl methyl sites for hydroxylation is 1. The number of hydrogen-bond acceptors (Lipinski definition) is 5. The van der Waals surface area contributed by atoms with Gasteiger partial charge in [-0.25, -0.2) is 0 Å². The zero-order chi connectivity index (χ0) is 18.6. The fraction of sp³-hybridized carbons (Fsp3) is 0.412. The number of halogens is 1. The first-order valence-corrected chi connectivity index (χ1v) is 8.67. The van der Waals surface area contributed by atoms with Crippen molar-refractivity contribution in [1.82, 2.24) is 20.4 Å². The quantitative estimate of drug-likeness (QED) is 0.119. The third kappa shape index (κ3) is 8.24. The summed E-state index contributed by atoms with van der Waals surface area (Å²) in [6.07, 6.45) is 4.59. The van der Waals surface area contributed by atoms with Crippen LogP contribution in [-0.4, -0.2) is 46.8 Å². The van der Waals surface area contributed by atoms with E-state index in [4.69, 9.17) is 0 Å². The van der Waals surface area contributed by atoms with E-state index < -0.39 is 0 Å². The molecule has 0 radical (unpaired) electrons. The van der Waals surface area contributed by atoms with Gasteiger partial charge in [0.2, 0.25) is 0 Å². The van der Waals surface area contributed by atoms with Crippen LogP contribution in [0.25, 0.3) is 0 Å². The van der Waals surface area contributed by atoms with Crippen molar-refractivity contribution in [3.05, 3.63) is 52.8 Å². The third-order valence-corrected chi connectivity index (χ3v) is 3.55. The molecule has 1 aromatic heterocycles. The van der Waals surface area contributed by atoms with Gasteiger partial charge in [0.1, 0.15) is 5.69 Å². The van der Waals surface area contributed by atoms with Crippen molar-refractivity contribution in [2.75, 3.05) is 31.5 Å². The van der Waals surface area contributed by atoms with Gasteiger partial charge in [0.25, 0.3) is 5.69 Å². The number of guanidine groups is 1. The molecule has 0 aliphatic heterocycles. The van der Waals surface area contributed by atoms with E-state index in [2.05, 4.69) is 26.0 Å². The predicted molar refractivity (Wildman–Crippen MR) is 118 cm³/mol. The van der Waals surface area contributed by atoms with Gasteiger partial charge >= 0.3 is 0 Å². The number of nitrogens with one attached hydrogen (secondary N) is 3. The summed E-state index contributed by atoms with van der Waals surface area (Å²) in [5, 5.41) is 24.6. The molecule has 0 unspecified atom stereocenters. The predicted octanol–water partition coefficient (Wildman–Crippen LogP) is 2.47. The van der Waals surface area contributed by atoms with Gasteiger partial charge < -0.3 is 16.0 Å². The monoisotopic (exact) mass is 487 g/mol. The Morgan fingerprint density at radius 1 is 1.26 bits per heavy atom. The standard InChI is InChI=1S/C17H25N7O2.HI/c1-2-18-17(20-9-5-13-23-14-6-10-22-23)21-12-11-19-15-7-3-4-8-16(15)24(25)26;/h3-4,6-8,10,14,19H,2,5,9,11-13H2,1H3,(H2,18,20,21);1H. The van der Waals surface area contributed by atoms with E-state index in [0.29, 0.717) is 25.3 Å². The molecule has 0 spiro atoms. The van der Waals surface area contributed by atoms with E-state index in [1.807, 2.05) is 23.9 Å². The molecule has 0 aliphatic carbocycles. The van der Waals surface area contributed by atoms with Crippen molar-refractivity contribution in [3.63, 3.8) is 0 Å². The molecule has 0 aliphatic rings. The molecule has 0 atom stereocenters. The Balaban J connectivity index is 0.00000364. The van der Waals surface area contributed by atoms with Gasteiger partial charge in [-0.3, -0.25) is 19.8 Å². The van der Waals surface area contributed by atoms with Crippen LogP contribution in [0.5, 0.6) is 0 Å². The molecule has 0 saturated carbocycles. The lowest BCUT2D eigenvalue weighted by atomic mass is 10.2. The second-order valence-corrected chi connectivity index (χ2v) is 5.51. The molecule has 27 heavy (non-hydrogen) atoms. The van der Waals surface area contributed by atoms with Gasteiger partial charge in [0, 0.05) is 51.2 Å². The molecule has 3 N–H and O–H groups in total. The number of aromatic nitrogens is 2. The molecule has 0 fully saturated rings. The summed E-state index contributed by atoms with van der Waals surface area (Å²) >= 11 is 0. The maximum absolute atomic E-state index is 11.0. The number of para-hydroxylation sites is 2. The van der Waals surface area contributed by atoms with Gasteiger partial charge in [-0.05, 0) is 25.5 Å². The molecule has 0 amide bonds. The Morgan fingerprint density at radius 3 is 2.78 bits per heavy atom. The summed E-state index contributed by atoms with van der Waals surface area (Å²) in [4.78, 5) is 15.1. The van der Waals surface area contributed by atoms with Crippen LogP contribution in [0.15, 0.2) is 47.7 Å². The lowest BCUT2D eigenvalue weighted by Crippen LogP contribution is -2.39. The Kier molecular flexibility index (Phi) is 10.8. The van der Waals surface area contributed by atoms with Crippen LogP contribution < -0.4 is 16.0 Å². The first-order chi connectivity index (χ1) is 12.7. The van der Waals surface area contributed by atoms with Gasteiger partial charge in [0.15, 0.2) is 5.96 Å². The molecule has 1 heterocycles. The molecular formula is C17H26IN7O2. The molecule has 10 heteroatoms. The van der Waals surface area contributed by atoms with Crippen molar-refractivity contribution >= 4 is 41.3 Å². The number of hydrogen-bond donors (Lipinski definition) is 3. The summed E-state index contributed by atoms with van der Waals surface area (Å²) in [5.41, 5.74) is 0.590. The fourth-order valence-corrected chi connectivity index (χ4v) is 2.36. The second kappa shape index (κ2) is 12.9. The van der Waals surface area contributed by atoms with Crippen LogP contribution in [0.3, 0.4) is 0 Å². The highest BCUT2D eigenvalue weighted by Gasteiger charge is 2.11. The second-order valence-electron chi connectivity index (χ2n) is 5.51. The van der Waals surface area contributed by atoms with E-state index in [-0.39, 0.29) is 34.6 Å². The zero-order valence-electron chi connectivity index (χ0n) is 15.3. The molecule has 0 saturated heterocycles. The largest absolute Gasteiger partial charge is 0.378 e. The maximum atomic E-state index is 11.0. The highest BCUT2D eigenvalue weighted by molar-refractivity contribution is 14.0. The molecular weight excluding hydrogens is 461 g/mol. The number of rotatable bonds is 10. The van der Waals surface area contributed by atoms with Crippen LogP contribution >= 0.6 is 24.0 Å². The number of benzene rings is 1. The summed E-state index contributed by atoms with van der Waals surface area (Å²) in [7, 11) is 0. The third-order valence-electron chi connectivity index (χ3n) is 3.55. The SMILES string of the molecule is CCNC(=NCCCn1cccn1)NCCNc1ccccc1[N+](=O)[O-].I. The first kappa shape index (κ1) is 22.7. The fourth-order valence-electron chi connectivity index (χ4n) is 2.36. The minimum atomic E-state index is -0.388. The first-order valence-electron chi connectivity index (χ1n) is 8.67. The molecule has 2 aromatic rings. The molecule has 148 valence electrons. The molecule has 2 rings (SSSR count). The lowest BCUT2D eigenvalue weighted by molar-refractivity contribution is -0.384. The topological polar surface area (TPSA) is 109 Å². The van der Waals surface area contributed by atoms with Gasteiger partial charge in [-0.2, -0.15) is 5.10 Å². The maximum Gasteiger partial charge on any atom is 0.292 e. The smallest absolute Gasteiger partial charge is 0.292 e. The number of anilines is 1. The van der Waals surface area contributed by atoms with Crippen LogP contribution in [-0.2, 0) is 6.54 Å². The Morgan fingerprint density at radius 2 is 2.07 bits per heavy atom. The number of nitro benzene ring substituents is 1. The lowest BCUT2D eigenvalue weighted by Gasteiger charge is -2.12. The normalized spacial score (nSPS) is 10.8. The summed E-state index contributed by atoms with van der Waals surface area (Å²) in [6, 6.07) is 8.52. The van der Waals surface area contributed by atoms with Crippen LogP contribution in [0, 0.1) is 10.1 Å². The minimum Gasteiger partial charge on any atom is -0.378 e. The minimum absolute atomic E-state index is 0. The van der Waals surface area contributed by atoms with Crippen molar-refractivity contribution < 1.29 is 4.92 Å². The van der Waals surface area contributed by atoms with E-state index in [1.54, 1.807) is 24.4 Å². The van der Waals surface area contributed by atoms with Crippen LogP contribution in [0.1, 0.15) is 13.3 Å². The molecule has 1 aromatic carbocycles. The number of nitrogens with zero attached hydrogens (tertiary/aromatic N) is 4. The van der Waals surface area contributed by atoms with E-state index >= 15 is 0 Å². The molecule has 0 bridgehead atoms. The van der Waals surface area contributed by atoms with E-state index in [9.17, 15) is 10.1 Å². The molecule has 9 nitrogen and oxygen atoms in total. The van der Waals surface area contributed by atoms with Crippen LogP contribution in [0.4, 0.5) is 11.4 Å². The van der Waals surface area contributed by atoms with Crippen LogP contribution in [0.2, 0.25) is 0 Å². The number of nitro groups is 1. The van der Waals surface area contributed by atoms with E-state index in [0.717, 1.165) is 25.5 Å². The summed E-state index contributed by atoms with van der Waals surface area (Å²) in [6.45, 7) is 5.43. The van der Waals surface area contributed by atoms with Crippen molar-refractivity contribution in [3.8, 4) is 0 Å². The Hall–Kier alpha value is -2.37. The van der Waals surface area contributed by atoms with Gasteiger partial charge in [0.05, 0.1) is 4.92 Å². The average molecular weight is 487 g/mol. The highest BCUT2D eigenvalue weighted by atomic mass is 127. The van der Waals surface area contributed by atoms with Gasteiger partial charge in [-0.1, -0.05) is 12.1 Å². The zero-order valence-corrected chi connectivity index (χ0v) is 17.6. The number of aliphatic imine (C=N–C) groups is 1.